The maximum atomic E-state index is 6.33. The minimum absolute atomic E-state index is 0.188. The van der Waals surface area contributed by atoms with Gasteiger partial charge in [-0.25, -0.2) is 0 Å². The molecule has 0 aliphatic heterocycles. The second-order valence-corrected chi connectivity index (χ2v) is 7.42. The number of aryl methyl sites for hydroxylation is 1. The first-order chi connectivity index (χ1) is 9.10. The molecule has 0 radical (unpaired) electrons. The summed E-state index contributed by atoms with van der Waals surface area (Å²) in [5.74, 6) is 2.92. The predicted octanol–water partition coefficient (Wildman–Crippen LogP) is 4.68. The standard InChI is InChI=1S/C16H27NOS/c1-4-14(17)16(15-9-8-12(3)18-15)19-13-7-5-6-11(2)10-13/h8-9,11,13-14,16H,4-7,10,17H2,1-3H3. The molecule has 0 amide bonds. The van der Waals surface area contributed by atoms with Crippen molar-refractivity contribution in [3.63, 3.8) is 0 Å². The molecule has 19 heavy (non-hydrogen) atoms. The van der Waals surface area contributed by atoms with Crippen LogP contribution < -0.4 is 5.73 Å². The number of hydrogen-bond donors (Lipinski definition) is 1. The summed E-state index contributed by atoms with van der Waals surface area (Å²) >= 11 is 2.05. The first-order valence-corrected chi connectivity index (χ1v) is 8.51. The highest BCUT2D eigenvalue weighted by Crippen LogP contribution is 2.42. The summed E-state index contributed by atoms with van der Waals surface area (Å²) in [5, 5.41) is 1.06. The summed E-state index contributed by atoms with van der Waals surface area (Å²) in [6.45, 7) is 6.54. The average Bonchev–Trinajstić information content (AvgIpc) is 2.81. The van der Waals surface area contributed by atoms with E-state index < -0.39 is 0 Å². The molecule has 1 aromatic heterocycles. The molecule has 2 rings (SSSR count). The Hall–Kier alpha value is -0.410. The van der Waals surface area contributed by atoms with Gasteiger partial charge < -0.3 is 10.2 Å². The number of furan rings is 1. The Morgan fingerprint density at radius 1 is 1.42 bits per heavy atom. The zero-order valence-corrected chi connectivity index (χ0v) is 13.2. The van der Waals surface area contributed by atoms with E-state index in [1.54, 1.807) is 0 Å². The predicted molar refractivity (Wildman–Crippen MR) is 83.5 cm³/mol. The molecule has 1 saturated carbocycles. The zero-order valence-electron chi connectivity index (χ0n) is 12.4. The molecular formula is C16H27NOS. The number of rotatable bonds is 5. The van der Waals surface area contributed by atoms with Gasteiger partial charge in [-0.1, -0.05) is 26.7 Å². The van der Waals surface area contributed by atoms with Crippen LogP contribution in [0, 0.1) is 12.8 Å². The summed E-state index contributed by atoms with van der Waals surface area (Å²) in [6, 6.07) is 4.34. The van der Waals surface area contributed by atoms with Crippen LogP contribution in [-0.4, -0.2) is 11.3 Å². The van der Waals surface area contributed by atoms with Crippen LogP contribution in [0.3, 0.4) is 0 Å². The molecule has 3 heteroatoms. The van der Waals surface area contributed by atoms with Gasteiger partial charge in [-0.15, -0.1) is 11.8 Å². The highest BCUT2D eigenvalue weighted by molar-refractivity contribution is 8.00. The van der Waals surface area contributed by atoms with Crippen molar-refractivity contribution < 1.29 is 4.42 Å². The van der Waals surface area contributed by atoms with Gasteiger partial charge in [0, 0.05) is 11.3 Å². The van der Waals surface area contributed by atoms with Crippen LogP contribution in [0.25, 0.3) is 0 Å². The van der Waals surface area contributed by atoms with Crippen molar-refractivity contribution in [1.82, 2.24) is 0 Å². The molecule has 0 spiro atoms. The lowest BCUT2D eigenvalue weighted by Gasteiger charge is -2.31. The van der Waals surface area contributed by atoms with Crippen LogP contribution in [0.1, 0.15) is 62.7 Å². The van der Waals surface area contributed by atoms with Gasteiger partial charge in [0.1, 0.15) is 11.5 Å². The second-order valence-electron chi connectivity index (χ2n) is 5.97. The fraction of sp³-hybridized carbons (Fsp3) is 0.750. The molecule has 2 nitrogen and oxygen atoms in total. The lowest BCUT2D eigenvalue weighted by atomic mass is 9.90. The fourth-order valence-corrected chi connectivity index (χ4v) is 4.72. The lowest BCUT2D eigenvalue weighted by molar-refractivity contribution is 0.391. The van der Waals surface area contributed by atoms with E-state index in [4.69, 9.17) is 10.2 Å². The quantitative estimate of drug-likeness (QED) is 0.852. The van der Waals surface area contributed by atoms with E-state index in [0.717, 1.165) is 29.1 Å². The summed E-state index contributed by atoms with van der Waals surface area (Å²) in [6.07, 6.45) is 6.42. The van der Waals surface area contributed by atoms with Crippen molar-refractivity contribution in [2.75, 3.05) is 0 Å². The van der Waals surface area contributed by atoms with Gasteiger partial charge in [0.15, 0.2) is 0 Å². The van der Waals surface area contributed by atoms with Crippen LogP contribution in [0.5, 0.6) is 0 Å². The minimum atomic E-state index is 0.188. The first kappa shape index (κ1) is 15.0. The molecule has 1 aliphatic carbocycles. The van der Waals surface area contributed by atoms with Crippen LogP contribution in [-0.2, 0) is 0 Å². The Bertz CT molecular complexity index is 390. The van der Waals surface area contributed by atoms with Gasteiger partial charge in [-0.2, -0.15) is 0 Å². The molecule has 4 unspecified atom stereocenters. The summed E-state index contributed by atoms with van der Waals surface area (Å²) in [7, 11) is 0. The zero-order chi connectivity index (χ0) is 13.8. The van der Waals surface area contributed by atoms with Crippen LogP contribution >= 0.6 is 11.8 Å². The summed E-state index contributed by atoms with van der Waals surface area (Å²) in [5.41, 5.74) is 6.33. The smallest absolute Gasteiger partial charge is 0.118 e. The monoisotopic (exact) mass is 281 g/mol. The third-order valence-corrected chi connectivity index (χ3v) is 5.82. The molecule has 1 fully saturated rings. The Labute approximate surface area is 121 Å². The normalized spacial score (nSPS) is 27.2. The van der Waals surface area contributed by atoms with Crippen molar-refractivity contribution in [2.45, 2.75) is 69.4 Å². The average molecular weight is 281 g/mol. The maximum absolute atomic E-state index is 6.33. The molecule has 1 heterocycles. The highest BCUT2D eigenvalue weighted by atomic mass is 32.2. The van der Waals surface area contributed by atoms with Crippen molar-refractivity contribution in [2.24, 2.45) is 11.7 Å². The van der Waals surface area contributed by atoms with E-state index in [2.05, 4.69) is 26.0 Å². The highest BCUT2D eigenvalue weighted by Gasteiger charge is 2.28. The number of nitrogens with two attached hydrogens (primary N) is 1. The summed E-state index contributed by atoms with van der Waals surface area (Å²) in [4.78, 5) is 0. The fourth-order valence-electron chi connectivity index (χ4n) is 2.91. The topological polar surface area (TPSA) is 39.2 Å². The maximum Gasteiger partial charge on any atom is 0.118 e. The SMILES string of the molecule is CCC(N)C(SC1CCCC(C)C1)c1ccc(C)o1. The number of thioether (sulfide) groups is 1. The molecule has 1 aromatic rings. The second kappa shape index (κ2) is 6.85. The molecule has 1 aliphatic rings. The Morgan fingerprint density at radius 3 is 2.79 bits per heavy atom. The van der Waals surface area contributed by atoms with Gasteiger partial charge in [0.2, 0.25) is 0 Å². The van der Waals surface area contributed by atoms with Crippen molar-refractivity contribution >= 4 is 11.8 Å². The van der Waals surface area contributed by atoms with E-state index in [1.807, 2.05) is 18.7 Å². The molecular weight excluding hydrogens is 254 g/mol. The molecule has 108 valence electrons. The van der Waals surface area contributed by atoms with Crippen molar-refractivity contribution in [3.8, 4) is 0 Å². The van der Waals surface area contributed by atoms with E-state index in [9.17, 15) is 0 Å². The van der Waals surface area contributed by atoms with E-state index in [1.165, 1.54) is 25.7 Å². The van der Waals surface area contributed by atoms with Gasteiger partial charge in [-0.05, 0) is 44.2 Å². The molecule has 0 bridgehead atoms. The van der Waals surface area contributed by atoms with Gasteiger partial charge in [0.05, 0.1) is 5.25 Å². The van der Waals surface area contributed by atoms with E-state index >= 15 is 0 Å². The Morgan fingerprint density at radius 2 is 2.21 bits per heavy atom. The summed E-state index contributed by atoms with van der Waals surface area (Å²) < 4.78 is 5.84. The minimum Gasteiger partial charge on any atom is -0.465 e. The van der Waals surface area contributed by atoms with Gasteiger partial charge >= 0.3 is 0 Å². The molecule has 2 N–H and O–H groups in total. The first-order valence-electron chi connectivity index (χ1n) is 7.57. The van der Waals surface area contributed by atoms with Crippen LogP contribution in [0.2, 0.25) is 0 Å². The molecule has 4 atom stereocenters. The van der Waals surface area contributed by atoms with Crippen LogP contribution in [0.4, 0.5) is 0 Å². The Balaban J connectivity index is 2.05. The largest absolute Gasteiger partial charge is 0.465 e. The van der Waals surface area contributed by atoms with Crippen molar-refractivity contribution in [1.29, 1.82) is 0 Å². The molecule has 0 saturated heterocycles. The third kappa shape index (κ3) is 4.03. The molecule has 0 aromatic carbocycles. The van der Waals surface area contributed by atoms with Crippen LogP contribution in [0.15, 0.2) is 16.5 Å². The van der Waals surface area contributed by atoms with Gasteiger partial charge in [-0.3, -0.25) is 0 Å². The van der Waals surface area contributed by atoms with Crippen molar-refractivity contribution in [3.05, 3.63) is 23.7 Å². The van der Waals surface area contributed by atoms with E-state index in [0.29, 0.717) is 5.25 Å². The Kier molecular flexibility index (Phi) is 5.40. The number of hydrogen-bond acceptors (Lipinski definition) is 3. The third-order valence-electron chi connectivity index (χ3n) is 4.13. The van der Waals surface area contributed by atoms with Gasteiger partial charge in [0.25, 0.3) is 0 Å². The lowest BCUT2D eigenvalue weighted by Crippen LogP contribution is -2.28. The van der Waals surface area contributed by atoms with E-state index in [-0.39, 0.29) is 6.04 Å².